The fourth-order valence-corrected chi connectivity index (χ4v) is 3.45. The number of aryl methyl sites for hydroxylation is 1. The minimum absolute atomic E-state index is 0.0405. The maximum absolute atomic E-state index is 12.9. The van der Waals surface area contributed by atoms with Gasteiger partial charge in [0.05, 0.1) is 15.7 Å². The zero-order valence-electron chi connectivity index (χ0n) is 14.8. The maximum atomic E-state index is 12.9. The Labute approximate surface area is 155 Å². The van der Waals surface area contributed by atoms with Crippen molar-refractivity contribution in [3.8, 4) is 11.5 Å². The molecule has 0 aliphatic rings. The molecule has 27 heavy (non-hydrogen) atoms. The van der Waals surface area contributed by atoms with Crippen LogP contribution in [0.2, 0.25) is 0 Å². The third-order valence-corrected chi connectivity index (χ3v) is 5.19. The molecule has 0 aromatic carbocycles. The van der Waals surface area contributed by atoms with E-state index in [2.05, 4.69) is 25.5 Å². The second-order valence-electron chi connectivity index (χ2n) is 5.64. The van der Waals surface area contributed by atoms with Crippen molar-refractivity contribution in [3.63, 3.8) is 0 Å². The zero-order valence-corrected chi connectivity index (χ0v) is 15.6. The van der Waals surface area contributed by atoms with Crippen LogP contribution in [0.15, 0.2) is 23.1 Å². The van der Waals surface area contributed by atoms with Gasteiger partial charge in [0.2, 0.25) is 0 Å². The molecule has 0 aliphatic carbocycles. The van der Waals surface area contributed by atoms with Gasteiger partial charge in [-0.3, -0.25) is 4.21 Å². The van der Waals surface area contributed by atoms with Gasteiger partial charge in [-0.25, -0.2) is 9.97 Å². The Bertz CT molecular complexity index is 1020. The molecule has 3 heterocycles. The molecular weight excluding hydrogens is 381 g/mol. The number of nitrogens with zero attached hydrogens (tertiary/aromatic N) is 5. The third kappa shape index (κ3) is 3.64. The van der Waals surface area contributed by atoms with Gasteiger partial charge in [-0.2, -0.15) is 13.2 Å². The number of fused-ring (bicyclic) bond motifs is 1. The van der Waals surface area contributed by atoms with Gasteiger partial charge in [0.25, 0.3) is 0 Å². The molecule has 11 heteroatoms. The van der Waals surface area contributed by atoms with Crippen LogP contribution in [0.3, 0.4) is 0 Å². The van der Waals surface area contributed by atoms with Crippen molar-refractivity contribution >= 4 is 27.8 Å². The summed E-state index contributed by atoms with van der Waals surface area (Å²) in [5, 5.41) is 9.96. The van der Waals surface area contributed by atoms with E-state index in [9.17, 15) is 17.4 Å². The average molecular weight is 398 g/mol. The number of pyridine rings is 1. The predicted octanol–water partition coefficient (Wildman–Crippen LogP) is 3.00. The van der Waals surface area contributed by atoms with E-state index in [1.165, 1.54) is 4.57 Å². The van der Waals surface area contributed by atoms with Crippen LogP contribution in [-0.4, -0.2) is 41.2 Å². The number of halogens is 3. The van der Waals surface area contributed by atoms with E-state index in [0.717, 1.165) is 6.07 Å². The number of rotatable bonds is 5. The Morgan fingerprint density at radius 1 is 1.19 bits per heavy atom. The normalized spacial score (nSPS) is 13.1. The van der Waals surface area contributed by atoms with E-state index in [0.29, 0.717) is 28.7 Å². The van der Waals surface area contributed by atoms with Crippen LogP contribution in [0.1, 0.15) is 19.5 Å². The van der Waals surface area contributed by atoms with Gasteiger partial charge in [-0.1, -0.05) is 6.92 Å². The standard InChI is InChI=1S/C16H17F3N6OS/c1-4-20-12-7-6-10(27(26)5-2)13(22-12)15-21-9-8-11(16(17,18)19)23-24-14(9)25(15)3/h6-8H,4-5H2,1-3H3,(H,20,22). The minimum Gasteiger partial charge on any atom is -0.370 e. The van der Waals surface area contributed by atoms with Crippen LogP contribution in [0.5, 0.6) is 0 Å². The summed E-state index contributed by atoms with van der Waals surface area (Å²) in [5.41, 5.74) is -0.561. The lowest BCUT2D eigenvalue weighted by molar-refractivity contribution is -0.141. The lowest BCUT2D eigenvalue weighted by Gasteiger charge is -2.10. The molecule has 1 atom stereocenters. The average Bonchev–Trinajstić information content (AvgIpc) is 2.97. The van der Waals surface area contributed by atoms with E-state index < -0.39 is 22.7 Å². The summed E-state index contributed by atoms with van der Waals surface area (Å²) in [6, 6.07) is 4.24. The smallest absolute Gasteiger partial charge is 0.370 e. The van der Waals surface area contributed by atoms with E-state index in [-0.39, 0.29) is 17.0 Å². The molecule has 0 fully saturated rings. The Morgan fingerprint density at radius 2 is 1.93 bits per heavy atom. The van der Waals surface area contributed by atoms with Crippen LogP contribution in [0.25, 0.3) is 22.7 Å². The highest BCUT2D eigenvalue weighted by Gasteiger charge is 2.34. The minimum atomic E-state index is -4.61. The summed E-state index contributed by atoms with van der Waals surface area (Å²) in [6.07, 6.45) is -4.61. The van der Waals surface area contributed by atoms with Crippen LogP contribution in [0.4, 0.5) is 19.0 Å². The Hall–Kier alpha value is -2.56. The van der Waals surface area contributed by atoms with Crippen LogP contribution in [0, 0.1) is 0 Å². The highest BCUT2D eigenvalue weighted by atomic mass is 32.2. The SMILES string of the molecule is CCNc1ccc(S(=O)CC)c(-c2nc3cc(C(F)(F)F)nnc3n2C)n1. The number of hydrogen-bond donors (Lipinski definition) is 1. The van der Waals surface area contributed by atoms with Crippen molar-refractivity contribution in [2.45, 2.75) is 24.9 Å². The van der Waals surface area contributed by atoms with Gasteiger partial charge in [0.1, 0.15) is 17.0 Å². The molecular formula is C16H17F3N6OS. The van der Waals surface area contributed by atoms with E-state index in [4.69, 9.17) is 0 Å². The molecule has 144 valence electrons. The summed E-state index contributed by atoms with van der Waals surface area (Å²) in [5.74, 6) is 1.20. The second kappa shape index (κ2) is 7.22. The van der Waals surface area contributed by atoms with Crippen molar-refractivity contribution in [3.05, 3.63) is 23.9 Å². The fraction of sp³-hybridized carbons (Fsp3) is 0.375. The van der Waals surface area contributed by atoms with Crippen molar-refractivity contribution in [1.82, 2.24) is 24.7 Å². The van der Waals surface area contributed by atoms with Gasteiger partial charge in [-0.05, 0) is 19.1 Å². The summed E-state index contributed by atoms with van der Waals surface area (Å²) in [6.45, 7) is 4.31. The lowest BCUT2D eigenvalue weighted by Crippen LogP contribution is -2.09. The summed E-state index contributed by atoms with van der Waals surface area (Å²) >= 11 is 0. The number of nitrogens with one attached hydrogen (secondary N) is 1. The van der Waals surface area contributed by atoms with Crippen LogP contribution >= 0.6 is 0 Å². The number of anilines is 1. The van der Waals surface area contributed by atoms with Crippen molar-refractivity contribution in [1.29, 1.82) is 0 Å². The monoisotopic (exact) mass is 398 g/mol. The zero-order chi connectivity index (χ0) is 19.8. The number of aromatic nitrogens is 5. The molecule has 3 aromatic heterocycles. The third-order valence-electron chi connectivity index (χ3n) is 3.84. The quantitative estimate of drug-likeness (QED) is 0.711. The molecule has 0 spiro atoms. The second-order valence-corrected chi connectivity index (χ2v) is 7.35. The summed E-state index contributed by atoms with van der Waals surface area (Å²) in [4.78, 5) is 9.20. The van der Waals surface area contributed by atoms with Gasteiger partial charge < -0.3 is 9.88 Å². The van der Waals surface area contributed by atoms with Gasteiger partial charge >= 0.3 is 6.18 Å². The van der Waals surface area contributed by atoms with Gasteiger partial charge in [0, 0.05) is 25.4 Å². The van der Waals surface area contributed by atoms with E-state index >= 15 is 0 Å². The molecule has 0 radical (unpaired) electrons. The lowest BCUT2D eigenvalue weighted by atomic mass is 10.3. The maximum Gasteiger partial charge on any atom is 0.435 e. The van der Waals surface area contributed by atoms with Crippen LogP contribution in [-0.2, 0) is 24.0 Å². The Kier molecular flexibility index (Phi) is 5.13. The highest BCUT2D eigenvalue weighted by Crippen LogP contribution is 2.31. The van der Waals surface area contributed by atoms with Crippen molar-refractivity contribution in [2.24, 2.45) is 7.05 Å². The molecule has 3 rings (SSSR count). The number of imidazole rings is 1. The number of alkyl halides is 3. The predicted molar refractivity (Wildman–Crippen MR) is 95.7 cm³/mol. The largest absolute Gasteiger partial charge is 0.435 e. The van der Waals surface area contributed by atoms with Crippen molar-refractivity contribution in [2.75, 3.05) is 17.6 Å². The summed E-state index contributed by atoms with van der Waals surface area (Å²) in [7, 11) is 0.281. The Morgan fingerprint density at radius 3 is 2.56 bits per heavy atom. The van der Waals surface area contributed by atoms with Crippen LogP contribution < -0.4 is 5.32 Å². The Balaban J connectivity index is 2.23. The van der Waals surface area contributed by atoms with Crippen molar-refractivity contribution < 1.29 is 17.4 Å². The molecule has 0 amide bonds. The molecule has 0 bridgehead atoms. The molecule has 1 unspecified atom stereocenters. The molecule has 3 aromatic rings. The molecule has 0 saturated heterocycles. The first-order valence-corrected chi connectivity index (χ1v) is 9.49. The molecule has 0 saturated carbocycles. The summed E-state index contributed by atoms with van der Waals surface area (Å²) < 4.78 is 52.6. The molecule has 1 N–H and O–H groups in total. The first-order valence-electron chi connectivity index (χ1n) is 8.17. The first-order chi connectivity index (χ1) is 12.8. The van der Waals surface area contributed by atoms with E-state index in [1.54, 1.807) is 26.1 Å². The number of hydrogen-bond acceptors (Lipinski definition) is 6. The first kappa shape index (κ1) is 19.2. The van der Waals surface area contributed by atoms with Gasteiger partial charge in [0.15, 0.2) is 17.2 Å². The van der Waals surface area contributed by atoms with Gasteiger partial charge in [-0.15, -0.1) is 10.2 Å². The molecule has 7 nitrogen and oxygen atoms in total. The fourth-order valence-electron chi connectivity index (χ4n) is 2.56. The van der Waals surface area contributed by atoms with E-state index in [1.807, 2.05) is 6.92 Å². The topological polar surface area (TPSA) is 85.6 Å². The highest BCUT2D eigenvalue weighted by molar-refractivity contribution is 7.85. The molecule has 0 aliphatic heterocycles.